The summed E-state index contributed by atoms with van der Waals surface area (Å²) in [6, 6.07) is 11.8. The third-order valence-electron chi connectivity index (χ3n) is 4.51. The second kappa shape index (κ2) is 6.47. The number of pyridine rings is 1. The Morgan fingerprint density at radius 3 is 2.64 bits per heavy atom. The molecule has 1 atom stereocenters. The molecular weight excluding hydrogens is 316 g/mol. The quantitative estimate of drug-likeness (QED) is 0.732. The van der Waals surface area contributed by atoms with Crippen molar-refractivity contribution >= 4 is 11.6 Å². The molecule has 3 aromatic rings. The van der Waals surface area contributed by atoms with Crippen LogP contribution in [-0.4, -0.2) is 27.6 Å². The van der Waals surface area contributed by atoms with Crippen LogP contribution < -0.4 is 4.90 Å². The summed E-state index contributed by atoms with van der Waals surface area (Å²) >= 11 is 0. The van der Waals surface area contributed by atoms with Crippen LogP contribution in [0, 0.1) is 0 Å². The van der Waals surface area contributed by atoms with Crippen LogP contribution in [0.1, 0.15) is 30.7 Å². The van der Waals surface area contributed by atoms with Crippen molar-refractivity contribution in [3.8, 4) is 11.4 Å². The second-order valence-corrected chi connectivity index (χ2v) is 6.12. The monoisotopic (exact) mass is 334 g/mol. The van der Waals surface area contributed by atoms with Crippen molar-refractivity contribution in [3.05, 3.63) is 60.2 Å². The van der Waals surface area contributed by atoms with Crippen molar-refractivity contribution in [3.63, 3.8) is 0 Å². The lowest BCUT2D eigenvalue weighted by Crippen LogP contribution is -2.24. The second-order valence-electron chi connectivity index (χ2n) is 6.12. The average Bonchev–Trinajstić information content (AvgIpc) is 3.29. The lowest BCUT2D eigenvalue weighted by molar-refractivity contribution is -0.117. The zero-order valence-corrected chi connectivity index (χ0v) is 13.9. The van der Waals surface area contributed by atoms with Gasteiger partial charge >= 0.3 is 0 Å². The normalized spacial score (nSPS) is 17.2. The summed E-state index contributed by atoms with van der Waals surface area (Å²) < 4.78 is 5.41. The van der Waals surface area contributed by atoms with Gasteiger partial charge in [-0.25, -0.2) is 0 Å². The molecule has 1 aliphatic heterocycles. The van der Waals surface area contributed by atoms with E-state index in [4.69, 9.17) is 4.52 Å². The maximum Gasteiger partial charge on any atom is 0.232 e. The predicted molar refractivity (Wildman–Crippen MR) is 93.1 cm³/mol. The molecule has 0 N–H and O–H groups in total. The van der Waals surface area contributed by atoms with E-state index in [9.17, 15) is 4.79 Å². The van der Waals surface area contributed by atoms with E-state index < -0.39 is 0 Å². The van der Waals surface area contributed by atoms with Crippen LogP contribution in [0.4, 0.5) is 5.69 Å². The zero-order chi connectivity index (χ0) is 17.2. The molecule has 25 heavy (non-hydrogen) atoms. The van der Waals surface area contributed by atoms with E-state index in [1.807, 2.05) is 24.3 Å². The summed E-state index contributed by atoms with van der Waals surface area (Å²) in [5, 5.41) is 4.03. The Hall–Kier alpha value is -3.02. The summed E-state index contributed by atoms with van der Waals surface area (Å²) in [6.07, 6.45) is 4.74. The summed E-state index contributed by atoms with van der Waals surface area (Å²) in [5.41, 5.74) is 3.02. The average molecular weight is 334 g/mol. The van der Waals surface area contributed by atoms with E-state index in [1.54, 1.807) is 17.3 Å². The molecule has 126 valence electrons. The van der Waals surface area contributed by atoms with E-state index >= 15 is 0 Å². The molecule has 1 aromatic carbocycles. The van der Waals surface area contributed by atoms with E-state index in [-0.39, 0.29) is 11.8 Å². The van der Waals surface area contributed by atoms with Crippen LogP contribution in [0.25, 0.3) is 11.4 Å². The van der Waals surface area contributed by atoms with Gasteiger partial charge in [0.1, 0.15) is 0 Å². The van der Waals surface area contributed by atoms with Gasteiger partial charge in [-0.1, -0.05) is 24.2 Å². The number of carbonyl (C=O) groups excluding carboxylic acids is 1. The van der Waals surface area contributed by atoms with E-state index in [0.717, 1.165) is 17.7 Å². The van der Waals surface area contributed by atoms with Crippen molar-refractivity contribution < 1.29 is 9.32 Å². The fourth-order valence-electron chi connectivity index (χ4n) is 3.05. The largest absolute Gasteiger partial charge is 0.339 e. The molecule has 1 fully saturated rings. The highest BCUT2D eigenvalue weighted by molar-refractivity contribution is 5.96. The third-order valence-corrected chi connectivity index (χ3v) is 4.51. The molecule has 0 saturated carbocycles. The van der Waals surface area contributed by atoms with Gasteiger partial charge in [0.2, 0.25) is 17.6 Å². The van der Waals surface area contributed by atoms with Gasteiger partial charge < -0.3 is 9.42 Å². The van der Waals surface area contributed by atoms with E-state index in [2.05, 4.69) is 34.2 Å². The molecule has 1 amide bonds. The maximum atomic E-state index is 12.4. The fraction of sp³-hybridized carbons (Fsp3) is 0.263. The number of anilines is 1. The Labute approximate surface area is 145 Å². The van der Waals surface area contributed by atoms with Gasteiger partial charge in [0, 0.05) is 36.6 Å². The first-order valence-corrected chi connectivity index (χ1v) is 8.38. The number of aryl methyl sites for hydroxylation is 1. The molecule has 0 aliphatic carbocycles. The Kier molecular flexibility index (Phi) is 4.01. The molecule has 6 heteroatoms. The van der Waals surface area contributed by atoms with Crippen LogP contribution in [0.5, 0.6) is 0 Å². The van der Waals surface area contributed by atoms with Crippen LogP contribution in [0.15, 0.2) is 53.3 Å². The lowest BCUT2D eigenvalue weighted by Gasteiger charge is -2.16. The van der Waals surface area contributed by atoms with Crippen LogP contribution in [0.2, 0.25) is 0 Å². The van der Waals surface area contributed by atoms with Gasteiger partial charge in [-0.05, 0) is 36.2 Å². The molecule has 3 heterocycles. The highest BCUT2D eigenvalue weighted by atomic mass is 16.5. The fourth-order valence-corrected chi connectivity index (χ4v) is 3.05. The Morgan fingerprint density at radius 2 is 1.92 bits per heavy atom. The van der Waals surface area contributed by atoms with Crippen molar-refractivity contribution in [2.45, 2.75) is 25.7 Å². The van der Waals surface area contributed by atoms with Gasteiger partial charge in [-0.2, -0.15) is 4.98 Å². The number of carbonyl (C=O) groups is 1. The first-order chi connectivity index (χ1) is 12.2. The SMILES string of the molecule is CCc1ccc(N2C[C@@H](c3nc(-c4ccncc4)no3)CC2=O)cc1. The van der Waals surface area contributed by atoms with E-state index in [0.29, 0.717) is 24.7 Å². The first-order valence-electron chi connectivity index (χ1n) is 8.38. The molecule has 1 aliphatic rings. The van der Waals surface area contributed by atoms with Crippen molar-refractivity contribution in [2.75, 3.05) is 11.4 Å². The minimum atomic E-state index is -0.0820. The minimum Gasteiger partial charge on any atom is -0.339 e. The number of nitrogens with zero attached hydrogens (tertiary/aromatic N) is 4. The number of hydrogen-bond donors (Lipinski definition) is 0. The van der Waals surface area contributed by atoms with Crippen LogP contribution in [0.3, 0.4) is 0 Å². The van der Waals surface area contributed by atoms with Crippen molar-refractivity contribution in [2.24, 2.45) is 0 Å². The molecule has 0 unspecified atom stereocenters. The Bertz CT molecular complexity index is 874. The summed E-state index contributed by atoms with van der Waals surface area (Å²) in [7, 11) is 0. The lowest BCUT2D eigenvalue weighted by atomic mass is 10.1. The van der Waals surface area contributed by atoms with Crippen molar-refractivity contribution in [1.29, 1.82) is 0 Å². The highest BCUT2D eigenvalue weighted by Gasteiger charge is 2.35. The first kappa shape index (κ1) is 15.5. The summed E-state index contributed by atoms with van der Waals surface area (Å²) in [6.45, 7) is 2.67. The molecule has 0 radical (unpaired) electrons. The molecular formula is C19H18N4O2. The third kappa shape index (κ3) is 3.03. The van der Waals surface area contributed by atoms with Gasteiger partial charge in [-0.15, -0.1) is 0 Å². The van der Waals surface area contributed by atoms with E-state index in [1.165, 1.54) is 5.56 Å². The van der Waals surface area contributed by atoms with Crippen LogP contribution >= 0.6 is 0 Å². The van der Waals surface area contributed by atoms with Crippen molar-refractivity contribution in [1.82, 2.24) is 15.1 Å². The number of benzene rings is 1. The summed E-state index contributed by atoms with van der Waals surface area (Å²) in [5.74, 6) is 1.03. The maximum absolute atomic E-state index is 12.4. The highest BCUT2D eigenvalue weighted by Crippen LogP contribution is 2.32. The Balaban J connectivity index is 1.53. The predicted octanol–water partition coefficient (Wildman–Crippen LogP) is 3.21. The number of rotatable bonds is 4. The Morgan fingerprint density at radius 1 is 1.16 bits per heavy atom. The topological polar surface area (TPSA) is 72.1 Å². The molecule has 6 nitrogen and oxygen atoms in total. The zero-order valence-electron chi connectivity index (χ0n) is 13.9. The van der Waals surface area contributed by atoms with Gasteiger partial charge in [0.05, 0.1) is 5.92 Å². The number of aromatic nitrogens is 3. The number of amides is 1. The summed E-state index contributed by atoms with van der Waals surface area (Å²) in [4.78, 5) is 22.7. The standard InChI is InChI=1S/C19H18N4O2/c1-2-13-3-5-16(6-4-13)23-12-15(11-17(23)24)19-21-18(22-25-19)14-7-9-20-10-8-14/h3-10,15H,2,11-12H2,1H3/t15-/m0/s1. The van der Waals surface area contributed by atoms with Gasteiger partial charge in [0.15, 0.2) is 0 Å². The van der Waals surface area contributed by atoms with Gasteiger partial charge in [-0.3, -0.25) is 9.78 Å². The molecule has 1 saturated heterocycles. The van der Waals surface area contributed by atoms with Crippen LogP contribution in [-0.2, 0) is 11.2 Å². The number of hydrogen-bond acceptors (Lipinski definition) is 5. The molecule has 2 aromatic heterocycles. The van der Waals surface area contributed by atoms with Gasteiger partial charge in [0.25, 0.3) is 0 Å². The molecule has 4 rings (SSSR count). The molecule has 0 spiro atoms. The smallest absolute Gasteiger partial charge is 0.232 e. The molecule has 0 bridgehead atoms. The minimum absolute atomic E-state index is 0.0814.